The fourth-order valence-corrected chi connectivity index (χ4v) is 7.12. The summed E-state index contributed by atoms with van der Waals surface area (Å²) in [5.41, 5.74) is 12.6. The second kappa shape index (κ2) is 11.5. The summed E-state index contributed by atoms with van der Waals surface area (Å²) in [5, 5.41) is 0. The van der Waals surface area contributed by atoms with Crippen molar-refractivity contribution in [2.45, 2.75) is 17.6 Å². The largest absolute Gasteiger partial charge is 0.453 e. The van der Waals surface area contributed by atoms with E-state index in [0.717, 1.165) is 5.56 Å². The van der Waals surface area contributed by atoms with E-state index in [9.17, 15) is 13.0 Å². The minimum Gasteiger partial charge on any atom is -0.415 e. The molecule has 0 bridgehead atoms. The first kappa shape index (κ1) is 26.9. The second-order valence-electron chi connectivity index (χ2n) is 8.31. The molecule has 1 unspecified atom stereocenters. The van der Waals surface area contributed by atoms with Crippen LogP contribution in [0.2, 0.25) is 0 Å². The summed E-state index contributed by atoms with van der Waals surface area (Å²) in [6.07, 6.45) is 0. The third kappa shape index (κ3) is 6.80. The lowest BCUT2D eigenvalue weighted by molar-refractivity contribution is 0.368. The third-order valence-electron chi connectivity index (χ3n) is 5.33. The molecule has 0 aliphatic carbocycles. The van der Waals surface area contributed by atoms with Crippen LogP contribution in [0.1, 0.15) is 16.9 Å². The standard InChI is InChI=1S/C27H27N4O5PS/c1-20-12-18-25(19-13-20)38(33,34)31-26(21-14-16-22(17-15-21)30-27(28)29)37(32,35-23-8-4-2-5-9-23)36-24-10-6-3-7-11-24/h2-19,26,31H,1H3,(H4,28,29,30). The molecule has 0 radical (unpaired) electrons. The van der Waals surface area contributed by atoms with Gasteiger partial charge in [-0.2, -0.15) is 4.72 Å². The van der Waals surface area contributed by atoms with Crippen LogP contribution in [0.3, 0.4) is 0 Å². The van der Waals surface area contributed by atoms with E-state index >= 15 is 0 Å². The Balaban J connectivity index is 1.84. The molecule has 9 nitrogen and oxygen atoms in total. The van der Waals surface area contributed by atoms with E-state index in [2.05, 4.69) is 9.71 Å². The Hall–Kier alpha value is -4.11. The lowest BCUT2D eigenvalue weighted by atomic mass is 10.2. The number of sulfonamides is 1. The molecule has 0 heterocycles. The van der Waals surface area contributed by atoms with Crippen LogP contribution in [-0.4, -0.2) is 14.4 Å². The van der Waals surface area contributed by atoms with Crippen LogP contribution in [0.25, 0.3) is 0 Å². The molecule has 0 saturated carbocycles. The third-order valence-corrected chi connectivity index (χ3v) is 8.94. The van der Waals surface area contributed by atoms with Gasteiger partial charge in [0.15, 0.2) is 11.7 Å². The fourth-order valence-electron chi connectivity index (χ4n) is 3.51. The summed E-state index contributed by atoms with van der Waals surface area (Å²) in [7, 11) is -8.51. The first-order valence-electron chi connectivity index (χ1n) is 11.5. The summed E-state index contributed by atoms with van der Waals surface area (Å²) >= 11 is 0. The Bertz CT molecular complexity index is 1500. The molecular weight excluding hydrogens is 523 g/mol. The smallest absolute Gasteiger partial charge is 0.415 e. The van der Waals surface area contributed by atoms with E-state index in [0.29, 0.717) is 11.3 Å². The van der Waals surface area contributed by atoms with Gasteiger partial charge in [0.05, 0.1) is 10.6 Å². The average Bonchev–Trinajstić information content (AvgIpc) is 2.89. The van der Waals surface area contributed by atoms with Gasteiger partial charge in [-0.25, -0.2) is 18.0 Å². The van der Waals surface area contributed by atoms with Gasteiger partial charge in [0.2, 0.25) is 10.0 Å². The summed E-state index contributed by atoms with van der Waals surface area (Å²) in [6.45, 7) is 1.85. The van der Waals surface area contributed by atoms with Crippen molar-refractivity contribution in [3.8, 4) is 11.5 Å². The molecule has 0 saturated heterocycles. The molecule has 4 aromatic carbocycles. The van der Waals surface area contributed by atoms with Gasteiger partial charge < -0.3 is 20.5 Å². The Morgan fingerprint density at radius 2 is 1.29 bits per heavy atom. The molecule has 196 valence electrons. The normalized spacial score (nSPS) is 12.3. The Morgan fingerprint density at radius 3 is 1.76 bits per heavy atom. The van der Waals surface area contributed by atoms with Crippen molar-refractivity contribution in [1.29, 1.82) is 0 Å². The molecule has 0 aromatic heterocycles. The summed E-state index contributed by atoms with van der Waals surface area (Å²) in [5.74, 6) is -1.10. The van der Waals surface area contributed by atoms with E-state index in [1.807, 2.05) is 6.92 Å². The molecular formula is C27H27N4O5PS. The van der Waals surface area contributed by atoms with Gasteiger partial charge in [-0.15, -0.1) is 0 Å². The number of nitrogens with zero attached hydrogens (tertiary/aromatic N) is 1. The van der Waals surface area contributed by atoms with Crippen LogP contribution in [0.15, 0.2) is 119 Å². The van der Waals surface area contributed by atoms with Crippen molar-refractivity contribution in [2.75, 3.05) is 0 Å². The number of aliphatic imine (C=N–C) groups is 1. The predicted octanol–water partition coefficient (Wildman–Crippen LogP) is 5.23. The Labute approximate surface area is 221 Å². The lowest BCUT2D eigenvalue weighted by Crippen LogP contribution is -2.31. The molecule has 0 amide bonds. The van der Waals surface area contributed by atoms with Gasteiger partial charge in [0.1, 0.15) is 11.5 Å². The van der Waals surface area contributed by atoms with E-state index in [-0.39, 0.29) is 22.4 Å². The van der Waals surface area contributed by atoms with Gasteiger partial charge in [-0.1, -0.05) is 66.2 Å². The quantitative estimate of drug-likeness (QED) is 0.139. The highest BCUT2D eigenvalue weighted by Crippen LogP contribution is 2.59. The zero-order chi connectivity index (χ0) is 27.2. The Morgan fingerprint density at radius 1 is 0.789 bits per heavy atom. The zero-order valence-electron chi connectivity index (χ0n) is 20.5. The number of nitrogens with one attached hydrogen (secondary N) is 1. The summed E-state index contributed by atoms with van der Waals surface area (Å²) < 4.78 is 56.1. The number of guanidine groups is 1. The van der Waals surface area contributed by atoms with Gasteiger partial charge in [-0.05, 0) is 61.0 Å². The molecule has 4 aromatic rings. The van der Waals surface area contributed by atoms with Gasteiger partial charge >= 0.3 is 7.60 Å². The Kier molecular flexibility index (Phi) is 8.16. The first-order chi connectivity index (χ1) is 18.1. The summed E-state index contributed by atoms with van der Waals surface area (Å²) in [6, 6.07) is 29.3. The van der Waals surface area contributed by atoms with Gasteiger partial charge in [0, 0.05) is 0 Å². The molecule has 4 rings (SSSR count). The number of nitrogens with two attached hydrogens (primary N) is 2. The minimum absolute atomic E-state index is 0.00352. The summed E-state index contributed by atoms with van der Waals surface area (Å²) in [4.78, 5) is 3.99. The van der Waals surface area contributed by atoms with Crippen LogP contribution in [0.4, 0.5) is 5.69 Å². The highest BCUT2D eigenvalue weighted by molar-refractivity contribution is 7.89. The topological polar surface area (TPSA) is 146 Å². The first-order valence-corrected chi connectivity index (χ1v) is 14.6. The number of hydrogen-bond donors (Lipinski definition) is 3. The second-order valence-corrected chi connectivity index (χ2v) is 12.0. The van der Waals surface area contributed by atoms with Crippen molar-refractivity contribution in [1.82, 2.24) is 4.72 Å². The SMILES string of the molecule is Cc1ccc(S(=O)(=O)NC(c2ccc(N=C(N)N)cc2)P(=O)(Oc2ccccc2)Oc2ccccc2)cc1. The van der Waals surface area contributed by atoms with Crippen LogP contribution >= 0.6 is 7.60 Å². The molecule has 5 N–H and O–H groups in total. The fraction of sp³-hybridized carbons (Fsp3) is 0.0741. The molecule has 0 fully saturated rings. The number of benzene rings is 4. The van der Waals surface area contributed by atoms with Crippen LogP contribution in [0, 0.1) is 6.92 Å². The lowest BCUT2D eigenvalue weighted by Gasteiger charge is -2.28. The molecule has 0 aliphatic rings. The van der Waals surface area contributed by atoms with Crippen molar-refractivity contribution in [3.63, 3.8) is 0 Å². The monoisotopic (exact) mass is 550 g/mol. The molecule has 11 heteroatoms. The van der Waals surface area contributed by atoms with E-state index in [1.54, 1.807) is 97.1 Å². The molecule has 0 spiro atoms. The highest BCUT2D eigenvalue weighted by atomic mass is 32.2. The zero-order valence-corrected chi connectivity index (χ0v) is 22.2. The number of aryl methyl sites for hydroxylation is 1. The van der Waals surface area contributed by atoms with Crippen molar-refractivity contribution in [3.05, 3.63) is 120 Å². The maximum absolute atomic E-state index is 14.6. The minimum atomic E-state index is -4.34. The van der Waals surface area contributed by atoms with E-state index in [4.69, 9.17) is 20.5 Å². The highest BCUT2D eigenvalue weighted by Gasteiger charge is 2.43. The van der Waals surface area contributed by atoms with Crippen LogP contribution in [-0.2, 0) is 14.6 Å². The number of rotatable bonds is 10. The van der Waals surface area contributed by atoms with Crippen LogP contribution in [0.5, 0.6) is 11.5 Å². The van der Waals surface area contributed by atoms with Crippen LogP contribution < -0.4 is 25.2 Å². The van der Waals surface area contributed by atoms with Gasteiger partial charge in [-0.3, -0.25) is 0 Å². The maximum Gasteiger partial charge on any atom is 0.453 e. The van der Waals surface area contributed by atoms with E-state index < -0.39 is 23.4 Å². The molecule has 38 heavy (non-hydrogen) atoms. The van der Waals surface area contributed by atoms with Gasteiger partial charge in [0.25, 0.3) is 0 Å². The van der Waals surface area contributed by atoms with Crippen molar-refractivity contribution < 1.29 is 22.0 Å². The number of para-hydroxylation sites is 2. The predicted molar refractivity (Wildman–Crippen MR) is 148 cm³/mol. The molecule has 0 aliphatic heterocycles. The maximum atomic E-state index is 14.6. The van der Waals surface area contributed by atoms with Crippen molar-refractivity contribution >= 4 is 29.3 Å². The van der Waals surface area contributed by atoms with Crippen molar-refractivity contribution in [2.24, 2.45) is 16.5 Å². The average molecular weight is 551 g/mol. The van der Waals surface area contributed by atoms with E-state index in [1.165, 1.54) is 12.1 Å². The number of hydrogen-bond acceptors (Lipinski definition) is 6. The molecule has 1 atom stereocenters.